The summed E-state index contributed by atoms with van der Waals surface area (Å²) in [5, 5.41) is 13.1. The number of rotatable bonds is 5. The van der Waals surface area contributed by atoms with Gasteiger partial charge in [-0.3, -0.25) is 4.79 Å². The Morgan fingerprint density at radius 1 is 1.17 bits per heavy atom. The Morgan fingerprint density at radius 3 is 2.77 bits per heavy atom. The lowest BCUT2D eigenvalue weighted by Crippen LogP contribution is -2.07. The van der Waals surface area contributed by atoms with Gasteiger partial charge in [0.25, 0.3) is 0 Å². The predicted molar refractivity (Wildman–Crippen MR) is 119 cm³/mol. The Kier molecular flexibility index (Phi) is 5.54. The van der Waals surface area contributed by atoms with E-state index in [2.05, 4.69) is 26.2 Å². The molecule has 0 aliphatic heterocycles. The molecule has 0 atom stereocenters. The van der Waals surface area contributed by atoms with Gasteiger partial charge in [0.05, 0.1) is 12.7 Å². The number of nitrogens with zero attached hydrogens (tertiary/aromatic N) is 1. The molecule has 150 valence electrons. The van der Waals surface area contributed by atoms with E-state index in [0.29, 0.717) is 34.0 Å². The van der Waals surface area contributed by atoms with Crippen LogP contribution in [0.1, 0.15) is 5.56 Å². The average Bonchev–Trinajstić information content (AvgIpc) is 3.16. The highest BCUT2D eigenvalue weighted by atomic mass is 79.9. The van der Waals surface area contributed by atoms with Gasteiger partial charge in [0.1, 0.15) is 17.0 Å². The molecule has 0 saturated carbocycles. The Labute approximate surface area is 180 Å². The normalized spacial score (nSPS) is 11.1. The number of oxazole rings is 1. The minimum Gasteiger partial charge on any atom is -0.507 e. The lowest BCUT2D eigenvalue weighted by molar-refractivity contribution is -0.111. The van der Waals surface area contributed by atoms with Gasteiger partial charge in [-0.2, -0.15) is 0 Å². The Morgan fingerprint density at radius 2 is 2.00 bits per heavy atom. The fraction of sp³-hybridized carbons (Fsp3) is 0.0435. The lowest BCUT2D eigenvalue weighted by Gasteiger charge is -2.06. The zero-order valence-corrected chi connectivity index (χ0v) is 17.5. The highest BCUT2D eigenvalue weighted by molar-refractivity contribution is 9.10. The SMILES string of the molecule is COc1ccc(Br)cc1C=CC(=O)Nc1ccc(-c2nc3ccccc3o2)c(O)c1. The maximum Gasteiger partial charge on any atom is 0.248 e. The van der Waals surface area contributed by atoms with Gasteiger partial charge in [-0.1, -0.05) is 28.1 Å². The second-order valence-corrected chi connectivity index (χ2v) is 7.34. The molecule has 0 fully saturated rings. The maximum atomic E-state index is 12.3. The molecule has 2 N–H and O–H groups in total. The highest BCUT2D eigenvalue weighted by Gasteiger charge is 2.13. The fourth-order valence-electron chi connectivity index (χ4n) is 2.96. The molecule has 0 unspecified atom stereocenters. The monoisotopic (exact) mass is 464 g/mol. The van der Waals surface area contributed by atoms with Crippen LogP contribution in [-0.4, -0.2) is 23.1 Å². The van der Waals surface area contributed by atoms with Gasteiger partial charge in [-0.25, -0.2) is 4.98 Å². The number of carbonyl (C=O) groups excluding carboxylic acids is 1. The van der Waals surface area contributed by atoms with E-state index in [0.717, 1.165) is 10.0 Å². The molecule has 1 amide bonds. The van der Waals surface area contributed by atoms with Crippen molar-refractivity contribution in [2.75, 3.05) is 12.4 Å². The van der Waals surface area contributed by atoms with Crippen molar-refractivity contribution in [3.8, 4) is 23.0 Å². The van der Waals surface area contributed by atoms with Gasteiger partial charge in [0.2, 0.25) is 11.8 Å². The first-order valence-corrected chi connectivity index (χ1v) is 9.84. The minimum atomic E-state index is -0.342. The standard InChI is InChI=1S/C23H17BrN2O4/c1-29-20-10-7-15(24)12-14(20)6-11-22(28)25-16-8-9-17(19(27)13-16)23-26-18-4-2-3-5-21(18)30-23/h2-13,27H,1H3,(H,25,28). The summed E-state index contributed by atoms with van der Waals surface area (Å²) < 4.78 is 11.9. The molecule has 0 radical (unpaired) electrons. The Hall–Kier alpha value is -3.58. The number of aromatic nitrogens is 1. The maximum absolute atomic E-state index is 12.3. The van der Waals surface area contributed by atoms with Gasteiger partial charge < -0.3 is 19.6 Å². The van der Waals surface area contributed by atoms with E-state index in [-0.39, 0.29) is 11.7 Å². The molecule has 0 bridgehead atoms. The van der Waals surface area contributed by atoms with Crippen molar-refractivity contribution in [3.63, 3.8) is 0 Å². The van der Waals surface area contributed by atoms with E-state index < -0.39 is 0 Å². The molecule has 0 aliphatic carbocycles. The van der Waals surface area contributed by atoms with Crippen LogP contribution < -0.4 is 10.1 Å². The van der Waals surface area contributed by atoms with Crippen LogP contribution in [0.5, 0.6) is 11.5 Å². The van der Waals surface area contributed by atoms with E-state index in [1.807, 2.05) is 42.5 Å². The number of ether oxygens (including phenoxy) is 1. The number of para-hydroxylation sites is 2. The summed E-state index contributed by atoms with van der Waals surface area (Å²) in [6.45, 7) is 0. The van der Waals surface area contributed by atoms with Crippen molar-refractivity contribution < 1.29 is 19.1 Å². The molecule has 1 heterocycles. The number of hydrogen-bond acceptors (Lipinski definition) is 5. The molecule has 30 heavy (non-hydrogen) atoms. The van der Waals surface area contributed by atoms with Gasteiger partial charge >= 0.3 is 0 Å². The average molecular weight is 465 g/mol. The van der Waals surface area contributed by atoms with E-state index in [4.69, 9.17) is 9.15 Å². The number of phenols is 1. The number of halogens is 1. The number of aromatic hydroxyl groups is 1. The number of anilines is 1. The molecule has 0 spiro atoms. The van der Waals surface area contributed by atoms with Gasteiger partial charge in [0, 0.05) is 27.9 Å². The Balaban J connectivity index is 1.51. The minimum absolute atomic E-state index is 0.0444. The van der Waals surface area contributed by atoms with Crippen LogP contribution in [0.2, 0.25) is 0 Å². The van der Waals surface area contributed by atoms with Crippen LogP contribution in [0.3, 0.4) is 0 Å². The molecule has 0 saturated heterocycles. The van der Waals surface area contributed by atoms with Gasteiger partial charge in [0.15, 0.2) is 5.58 Å². The third-order valence-corrected chi connectivity index (χ3v) is 4.89. The molecule has 4 rings (SSSR count). The number of benzene rings is 3. The molecular formula is C23H17BrN2O4. The van der Waals surface area contributed by atoms with Crippen LogP contribution >= 0.6 is 15.9 Å². The number of methoxy groups -OCH3 is 1. The third kappa shape index (κ3) is 4.21. The molecule has 4 aromatic rings. The fourth-order valence-corrected chi connectivity index (χ4v) is 3.34. The van der Waals surface area contributed by atoms with E-state index >= 15 is 0 Å². The first-order chi connectivity index (χ1) is 14.5. The topological polar surface area (TPSA) is 84.6 Å². The molecule has 3 aromatic carbocycles. The van der Waals surface area contributed by atoms with E-state index in [1.54, 1.807) is 25.3 Å². The summed E-state index contributed by atoms with van der Waals surface area (Å²) in [4.78, 5) is 16.7. The second-order valence-electron chi connectivity index (χ2n) is 6.43. The van der Waals surface area contributed by atoms with Crippen LogP contribution in [0.15, 0.2) is 75.6 Å². The molecule has 1 aromatic heterocycles. The summed E-state index contributed by atoms with van der Waals surface area (Å²) in [5.41, 5.74) is 2.99. The zero-order chi connectivity index (χ0) is 21.1. The van der Waals surface area contributed by atoms with Gasteiger partial charge in [-0.15, -0.1) is 0 Å². The van der Waals surface area contributed by atoms with Crippen molar-refractivity contribution in [2.45, 2.75) is 0 Å². The number of carbonyl (C=O) groups is 1. The summed E-state index contributed by atoms with van der Waals surface area (Å²) in [6, 6.07) is 17.7. The summed E-state index contributed by atoms with van der Waals surface area (Å²) >= 11 is 3.40. The largest absolute Gasteiger partial charge is 0.507 e. The lowest BCUT2D eigenvalue weighted by atomic mass is 10.1. The quantitative estimate of drug-likeness (QED) is 0.374. The summed E-state index contributed by atoms with van der Waals surface area (Å²) in [5.74, 6) is 0.582. The molecular weight excluding hydrogens is 448 g/mol. The van der Waals surface area contributed by atoms with Crippen molar-refractivity contribution in [3.05, 3.63) is 76.8 Å². The highest BCUT2D eigenvalue weighted by Crippen LogP contribution is 2.33. The summed E-state index contributed by atoms with van der Waals surface area (Å²) in [7, 11) is 1.57. The third-order valence-electron chi connectivity index (χ3n) is 4.40. The van der Waals surface area contributed by atoms with Crippen LogP contribution in [0.4, 0.5) is 5.69 Å². The van der Waals surface area contributed by atoms with Gasteiger partial charge in [-0.05, 0) is 48.5 Å². The van der Waals surface area contributed by atoms with Crippen LogP contribution in [0.25, 0.3) is 28.6 Å². The van der Waals surface area contributed by atoms with Crippen molar-refractivity contribution >= 4 is 44.7 Å². The Bertz CT molecular complexity index is 1230. The van der Waals surface area contributed by atoms with Crippen LogP contribution in [-0.2, 0) is 4.79 Å². The van der Waals surface area contributed by atoms with Crippen molar-refractivity contribution in [2.24, 2.45) is 0 Å². The second kappa shape index (κ2) is 8.42. The number of fused-ring (bicyclic) bond motifs is 1. The predicted octanol–water partition coefficient (Wildman–Crippen LogP) is 5.62. The number of nitrogens with one attached hydrogen (secondary N) is 1. The van der Waals surface area contributed by atoms with E-state index in [1.165, 1.54) is 12.1 Å². The first kappa shape index (κ1) is 19.7. The van der Waals surface area contributed by atoms with E-state index in [9.17, 15) is 9.90 Å². The number of hydrogen-bond donors (Lipinski definition) is 2. The first-order valence-electron chi connectivity index (χ1n) is 9.05. The smallest absolute Gasteiger partial charge is 0.248 e. The molecule has 6 nitrogen and oxygen atoms in total. The molecule has 0 aliphatic rings. The number of amides is 1. The zero-order valence-electron chi connectivity index (χ0n) is 15.9. The molecule has 7 heteroatoms. The van der Waals surface area contributed by atoms with Crippen molar-refractivity contribution in [1.29, 1.82) is 0 Å². The number of phenolic OH excluding ortho intramolecular Hbond substituents is 1. The summed E-state index contributed by atoms with van der Waals surface area (Å²) in [6.07, 6.45) is 3.06. The van der Waals surface area contributed by atoms with Crippen LogP contribution in [0, 0.1) is 0 Å². The van der Waals surface area contributed by atoms with Crippen molar-refractivity contribution in [1.82, 2.24) is 4.98 Å².